The van der Waals surface area contributed by atoms with Crippen molar-refractivity contribution in [3.8, 4) is 11.3 Å². The minimum atomic E-state index is -0.327. The van der Waals surface area contributed by atoms with E-state index in [2.05, 4.69) is 0 Å². The Hall–Kier alpha value is -2.47. The van der Waals surface area contributed by atoms with Gasteiger partial charge in [-0.1, -0.05) is 53.5 Å². The molecule has 3 aromatic rings. The third kappa shape index (κ3) is 3.87. The van der Waals surface area contributed by atoms with Gasteiger partial charge in [-0.3, -0.25) is 14.5 Å². The van der Waals surface area contributed by atoms with Crippen LogP contribution in [0.5, 0.6) is 0 Å². The molecule has 0 atom stereocenters. The summed E-state index contributed by atoms with van der Waals surface area (Å²) >= 11 is 12.9. The average molecular weight is 430 g/mol. The van der Waals surface area contributed by atoms with Gasteiger partial charge in [-0.05, 0) is 47.7 Å². The summed E-state index contributed by atoms with van der Waals surface area (Å²) in [7, 11) is 0. The van der Waals surface area contributed by atoms with E-state index in [9.17, 15) is 9.59 Å². The Morgan fingerprint density at radius 1 is 0.964 bits per heavy atom. The van der Waals surface area contributed by atoms with Gasteiger partial charge in [0.1, 0.15) is 11.5 Å². The van der Waals surface area contributed by atoms with Crippen LogP contribution in [0.3, 0.4) is 0 Å². The molecule has 4 rings (SSSR count). The molecule has 2 amide bonds. The van der Waals surface area contributed by atoms with Crippen LogP contribution in [-0.4, -0.2) is 16.0 Å². The number of thioether (sulfide) groups is 1. The van der Waals surface area contributed by atoms with Crippen LogP contribution in [0, 0.1) is 0 Å². The molecule has 0 N–H and O–H groups in total. The molecule has 7 heteroatoms. The predicted molar refractivity (Wildman–Crippen MR) is 112 cm³/mol. The fourth-order valence-corrected chi connectivity index (χ4v) is 3.88. The van der Waals surface area contributed by atoms with E-state index in [4.69, 9.17) is 27.6 Å². The van der Waals surface area contributed by atoms with Crippen LogP contribution in [0.4, 0.5) is 4.79 Å². The number of imide groups is 1. The molecule has 2 aromatic carbocycles. The van der Waals surface area contributed by atoms with Crippen LogP contribution in [0.1, 0.15) is 11.3 Å². The first kappa shape index (κ1) is 18.9. The molecule has 140 valence electrons. The van der Waals surface area contributed by atoms with Gasteiger partial charge in [0.2, 0.25) is 0 Å². The van der Waals surface area contributed by atoms with Crippen LogP contribution in [0.15, 0.2) is 70.0 Å². The van der Waals surface area contributed by atoms with Gasteiger partial charge < -0.3 is 4.42 Å². The van der Waals surface area contributed by atoms with E-state index < -0.39 is 0 Å². The third-order valence-corrected chi connectivity index (χ3v) is 5.81. The molecule has 28 heavy (non-hydrogen) atoms. The van der Waals surface area contributed by atoms with Crippen molar-refractivity contribution < 1.29 is 14.0 Å². The first-order valence-electron chi connectivity index (χ1n) is 8.36. The van der Waals surface area contributed by atoms with Crippen molar-refractivity contribution >= 4 is 52.2 Å². The second-order valence-corrected chi connectivity index (χ2v) is 7.89. The molecular formula is C21H13Cl2NO3S. The summed E-state index contributed by atoms with van der Waals surface area (Å²) in [6.07, 6.45) is 1.58. The number of hydrogen-bond donors (Lipinski definition) is 0. The lowest BCUT2D eigenvalue weighted by Gasteiger charge is -2.11. The van der Waals surface area contributed by atoms with Gasteiger partial charge in [-0.25, -0.2) is 0 Å². The highest BCUT2D eigenvalue weighted by atomic mass is 35.5. The minimum Gasteiger partial charge on any atom is -0.457 e. The maximum atomic E-state index is 12.6. The molecule has 0 aliphatic carbocycles. The zero-order valence-electron chi connectivity index (χ0n) is 14.4. The molecule has 0 unspecified atom stereocenters. The first-order chi connectivity index (χ1) is 13.5. The van der Waals surface area contributed by atoms with E-state index in [1.54, 1.807) is 36.4 Å². The zero-order chi connectivity index (χ0) is 19.7. The summed E-state index contributed by atoms with van der Waals surface area (Å²) < 4.78 is 5.79. The molecule has 0 radical (unpaired) electrons. The van der Waals surface area contributed by atoms with Crippen LogP contribution in [0.2, 0.25) is 10.0 Å². The SMILES string of the molecule is O=C1S/C(=C\c2ccc(-c3ccc(Cl)c(Cl)c3)o2)C(=O)N1Cc1ccccc1. The maximum Gasteiger partial charge on any atom is 0.293 e. The van der Waals surface area contributed by atoms with Gasteiger partial charge in [0.05, 0.1) is 21.5 Å². The third-order valence-electron chi connectivity index (χ3n) is 4.16. The fourth-order valence-electron chi connectivity index (χ4n) is 2.77. The van der Waals surface area contributed by atoms with E-state index in [0.29, 0.717) is 26.5 Å². The molecule has 1 aliphatic rings. The van der Waals surface area contributed by atoms with E-state index in [1.165, 1.54) is 4.90 Å². The number of furan rings is 1. The summed E-state index contributed by atoms with van der Waals surface area (Å²) in [6.45, 7) is 0.246. The van der Waals surface area contributed by atoms with Crippen molar-refractivity contribution in [1.82, 2.24) is 4.90 Å². The quantitative estimate of drug-likeness (QED) is 0.444. The van der Waals surface area contributed by atoms with Crippen LogP contribution in [0.25, 0.3) is 17.4 Å². The number of carbonyl (C=O) groups is 2. The lowest BCUT2D eigenvalue weighted by molar-refractivity contribution is -0.123. The Balaban J connectivity index is 1.55. The van der Waals surface area contributed by atoms with Crippen LogP contribution < -0.4 is 0 Å². The Kier molecular flexibility index (Phi) is 5.31. The Morgan fingerprint density at radius 3 is 2.50 bits per heavy atom. The van der Waals surface area contributed by atoms with Crippen molar-refractivity contribution in [2.75, 3.05) is 0 Å². The maximum absolute atomic E-state index is 12.6. The summed E-state index contributed by atoms with van der Waals surface area (Å²) in [6, 6.07) is 18.1. The lowest BCUT2D eigenvalue weighted by atomic mass is 10.2. The summed E-state index contributed by atoms with van der Waals surface area (Å²) in [4.78, 5) is 26.4. The van der Waals surface area contributed by atoms with Gasteiger partial charge in [0, 0.05) is 11.6 Å². The molecule has 0 saturated carbocycles. The summed E-state index contributed by atoms with van der Waals surface area (Å²) in [5, 5.41) is 0.597. The van der Waals surface area contributed by atoms with Gasteiger partial charge in [0.25, 0.3) is 11.1 Å². The normalized spacial score (nSPS) is 15.6. The molecule has 0 bridgehead atoms. The standard InChI is InChI=1S/C21H13Cl2NO3S/c22-16-8-6-14(10-17(16)23)18-9-7-15(27-18)11-19-20(25)24(21(26)28-19)12-13-4-2-1-3-5-13/h1-11H,12H2/b19-11-. The number of carbonyl (C=O) groups excluding carboxylic acids is 2. The van der Waals surface area contributed by atoms with Crippen LogP contribution in [-0.2, 0) is 11.3 Å². The number of halogens is 2. The summed E-state index contributed by atoms with van der Waals surface area (Å²) in [5.74, 6) is 0.742. The number of hydrogen-bond acceptors (Lipinski definition) is 4. The summed E-state index contributed by atoms with van der Waals surface area (Å²) in [5.41, 5.74) is 1.66. The van der Waals surface area contributed by atoms with E-state index >= 15 is 0 Å². The fraction of sp³-hybridized carbons (Fsp3) is 0.0476. The van der Waals surface area contributed by atoms with Crippen molar-refractivity contribution in [2.45, 2.75) is 6.54 Å². The number of amides is 2. The van der Waals surface area contributed by atoms with Crippen molar-refractivity contribution in [3.05, 3.63) is 86.9 Å². The number of nitrogens with zero attached hydrogens (tertiary/aromatic N) is 1. The minimum absolute atomic E-state index is 0.246. The van der Waals surface area contributed by atoms with Crippen LogP contribution >= 0.6 is 35.0 Å². The molecule has 2 heterocycles. The number of rotatable bonds is 4. The highest BCUT2D eigenvalue weighted by Crippen LogP contribution is 2.35. The Labute approximate surface area is 175 Å². The molecule has 0 spiro atoms. The largest absolute Gasteiger partial charge is 0.457 e. The molecule has 1 saturated heterocycles. The smallest absolute Gasteiger partial charge is 0.293 e. The van der Waals surface area contributed by atoms with Crippen molar-refractivity contribution in [1.29, 1.82) is 0 Å². The van der Waals surface area contributed by atoms with Gasteiger partial charge in [0.15, 0.2) is 0 Å². The van der Waals surface area contributed by atoms with E-state index in [0.717, 1.165) is 22.9 Å². The topological polar surface area (TPSA) is 50.5 Å². The monoisotopic (exact) mass is 429 g/mol. The second-order valence-electron chi connectivity index (χ2n) is 6.08. The van der Waals surface area contributed by atoms with Crippen molar-refractivity contribution in [2.24, 2.45) is 0 Å². The average Bonchev–Trinajstić information content (AvgIpc) is 3.25. The second kappa shape index (κ2) is 7.87. The molecular weight excluding hydrogens is 417 g/mol. The van der Waals surface area contributed by atoms with E-state index in [-0.39, 0.29) is 17.7 Å². The Morgan fingerprint density at radius 2 is 1.75 bits per heavy atom. The lowest BCUT2D eigenvalue weighted by Crippen LogP contribution is -2.27. The van der Waals surface area contributed by atoms with Crippen molar-refractivity contribution in [3.63, 3.8) is 0 Å². The number of benzene rings is 2. The Bertz CT molecular complexity index is 1090. The van der Waals surface area contributed by atoms with Gasteiger partial charge in [-0.15, -0.1) is 0 Å². The first-order valence-corrected chi connectivity index (χ1v) is 9.93. The molecule has 4 nitrogen and oxygen atoms in total. The van der Waals surface area contributed by atoms with Gasteiger partial charge >= 0.3 is 0 Å². The van der Waals surface area contributed by atoms with Gasteiger partial charge in [-0.2, -0.15) is 0 Å². The highest BCUT2D eigenvalue weighted by Gasteiger charge is 2.35. The molecule has 1 fully saturated rings. The highest BCUT2D eigenvalue weighted by molar-refractivity contribution is 8.18. The zero-order valence-corrected chi connectivity index (χ0v) is 16.7. The molecule has 1 aromatic heterocycles. The van der Waals surface area contributed by atoms with E-state index in [1.807, 2.05) is 30.3 Å². The molecule has 1 aliphatic heterocycles. The predicted octanol–water partition coefficient (Wildman–Crippen LogP) is 6.49.